The molecule has 1 saturated heterocycles. The van der Waals surface area contributed by atoms with Gasteiger partial charge in [-0.15, -0.1) is 0 Å². The second-order valence-electron chi connectivity index (χ2n) is 2.28. The average molecular weight is 143 g/mol. The lowest BCUT2D eigenvalue weighted by Gasteiger charge is -2.25. The summed E-state index contributed by atoms with van der Waals surface area (Å²) in [7, 11) is 1.51. The third kappa shape index (κ3) is 1.16. The minimum atomic E-state index is -0.470. The zero-order valence-electron chi connectivity index (χ0n) is 5.96. The molecule has 1 amide bonds. The highest BCUT2D eigenvalue weighted by atomic mass is 16.7. The van der Waals surface area contributed by atoms with Crippen LogP contribution < -0.4 is 0 Å². The van der Waals surface area contributed by atoms with Crippen LogP contribution in [0.15, 0.2) is 0 Å². The number of hydrogen-bond donors (Lipinski definition) is 0. The second kappa shape index (κ2) is 2.38. The van der Waals surface area contributed by atoms with E-state index in [0.717, 1.165) is 5.06 Å². The molecule has 0 radical (unpaired) electrons. The Hall–Kier alpha value is -0.900. The molecule has 1 aliphatic heterocycles. The lowest BCUT2D eigenvalue weighted by molar-refractivity contribution is -0.206. The van der Waals surface area contributed by atoms with E-state index in [2.05, 4.69) is 0 Å². The van der Waals surface area contributed by atoms with Crippen molar-refractivity contribution in [2.24, 2.45) is 0 Å². The van der Waals surface area contributed by atoms with Crippen LogP contribution in [-0.4, -0.2) is 29.9 Å². The molecule has 1 aliphatic rings. The molecule has 0 bridgehead atoms. The second-order valence-corrected chi connectivity index (χ2v) is 2.28. The molecule has 0 aliphatic carbocycles. The number of carbonyl (C=O) groups is 2. The summed E-state index contributed by atoms with van der Waals surface area (Å²) in [6.45, 7) is 1.63. The van der Waals surface area contributed by atoms with Crippen molar-refractivity contribution < 1.29 is 14.4 Å². The Bertz CT molecular complexity index is 160. The molecular formula is C6H9NO3. The van der Waals surface area contributed by atoms with Gasteiger partial charge in [-0.05, 0) is 6.92 Å². The van der Waals surface area contributed by atoms with E-state index >= 15 is 0 Å². The van der Waals surface area contributed by atoms with E-state index in [1.165, 1.54) is 7.05 Å². The highest BCUT2D eigenvalue weighted by molar-refractivity contribution is 6.01. The molecule has 0 aromatic heterocycles. The Balaban J connectivity index is 2.63. The van der Waals surface area contributed by atoms with E-state index in [0.29, 0.717) is 0 Å². The normalized spacial score (nSPS) is 27.4. The van der Waals surface area contributed by atoms with E-state index in [1.807, 2.05) is 0 Å². The summed E-state index contributed by atoms with van der Waals surface area (Å²) in [6, 6.07) is 0. The minimum absolute atomic E-state index is 0.0301. The van der Waals surface area contributed by atoms with Gasteiger partial charge in [0.25, 0.3) is 5.91 Å². The first-order valence-electron chi connectivity index (χ1n) is 3.07. The summed E-state index contributed by atoms with van der Waals surface area (Å²) >= 11 is 0. The average Bonchev–Trinajstić information content (AvgIpc) is 1.84. The van der Waals surface area contributed by atoms with Crippen LogP contribution in [-0.2, 0) is 14.4 Å². The summed E-state index contributed by atoms with van der Waals surface area (Å²) in [6.07, 6.45) is -0.500. The SMILES string of the molecule is CC1ON(C)C(=O)CC1=O. The maximum Gasteiger partial charge on any atom is 0.253 e. The van der Waals surface area contributed by atoms with Gasteiger partial charge in [-0.2, -0.15) is 0 Å². The molecule has 4 nitrogen and oxygen atoms in total. The smallest absolute Gasteiger partial charge is 0.253 e. The largest absolute Gasteiger partial charge is 0.296 e. The number of nitrogens with zero attached hydrogens (tertiary/aromatic N) is 1. The standard InChI is InChI=1S/C6H9NO3/c1-4-5(8)3-6(9)7(2)10-4/h4H,3H2,1-2H3. The van der Waals surface area contributed by atoms with Gasteiger partial charge in [0.1, 0.15) is 6.10 Å². The number of rotatable bonds is 0. The van der Waals surface area contributed by atoms with Crippen molar-refractivity contribution >= 4 is 11.7 Å². The van der Waals surface area contributed by atoms with Crippen LogP contribution in [0.1, 0.15) is 13.3 Å². The number of Topliss-reactive ketones (excluding diaryl/α,β-unsaturated/α-hetero) is 1. The first kappa shape index (κ1) is 7.21. The minimum Gasteiger partial charge on any atom is -0.296 e. The van der Waals surface area contributed by atoms with Crippen LogP contribution in [0.5, 0.6) is 0 Å². The number of hydroxylamine groups is 2. The van der Waals surface area contributed by atoms with Crippen LogP contribution >= 0.6 is 0 Å². The number of hydrogen-bond acceptors (Lipinski definition) is 3. The number of carbonyl (C=O) groups excluding carboxylic acids is 2. The third-order valence-electron chi connectivity index (χ3n) is 1.45. The molecule has 0 N–H and O–H groups in total. The van der Waals surface area contributed by atoms with E-state index < -0.39 is 6.10 Å². The van der Waals surface area contributed by atoms with Crippen LogP contribution in [0.25, 0.3) is 0 Å². The molecule has 4 heteroatoms. The lowest BCUT2D eigenvalue weighted by atomic mass is 10.1. The number of amides is 1. The van der Waals surface area contributed by atoms with Crippen LogP contribution in [0.4, 0.5) is 0 Å². The van der Waals surface area contributed by atoms with Gasteiger partial charge in [-0.1, -0.05) is 0 Å². The van der Waals surface area contributed by atoms with Gasteiger partial charge in [0.05, 0.1) is 6.42 Å². The van der Waals surface area contributed by atoms with Crippen molar-refractivity contribution in [1.29, 1.82) is 0 Å². The van der Waals surface area contributed by atoms with Crippen molar-refractivity contribution in [2.75, 3.05) is 7.05 Å². The van der Waals surface area contributed by atoms with Crippen molar-refractivity contribution in [2.45, 2.75) is 19.4 Å². The Kier molecular flexibility index (Phi) is 1.72. The molecule has 0 aromatic carbocycles. The van der Waals surface area contributed by atoms with Gasteiger partial charge >= 0.3 is 0 Å². The Morgan fingerprint density at radius 2 is 2.20 bits per heavy atom. The van der Waals surface area contributed by atoms with Gasteiger partial charge in [-0.3, -0.25) is 14.4 Å². The van der Waals surface area contributed by atoms with Crippen molar-refractivity contribution in [3.8, 4) is 0 Å². The molecule has 0 spiro atoms. The predicted octanol–water partition coefficient (Wildman–Crippen LogP) is -0.262. The van der Waals surface area contributed by atoms with Crippen LogP contribution in [0.2, 0.25) is 0 Å². The van der Waals surface area contributed by atoms with Gasteiger partial charge in [-0.25, -0.2) is 5.06 Å². The maximum atomic E-state index is 10.8. The van der Waals surface area contributed by atoms with Gasteiger partial charge in [0, 0.05) is 7.05 Å². The van der Waals surface area contributed by atoms with E-state index in [4.69, 9.17) is 4.84 Å². The molecular weight excluding hydrogens is 134 g/mol. The third-order valence-corrected chi connectivity index (χ3v) is 1.45. The first-order valence-corrected chi connectivity index (χ1v) is 3.07. The molecule has 10 heavy (non-hydrogen) atoms. The van der Waals surface area contributed by atoms with Crippen molar-refractivity contribution in [3.05, 3.63) is 0 Å². The monoisotopic (exact) mass is 143 g/mol. The molecule has 1 fully saturated rings. The summed E-state index contributed by atoms with van der Waals surface area (Å²) in [5.74, 6) is -0.425. The summed E-state index contributed by atoms with van der Waals surface area (Å²) in [5.41, 5.74) is 0. The Morgan fingerprint density at radius 1 is 1.60 bits per heavy atom. The summed E-state index contributed by atoms with van der Waals surface area (Å²) < 4.78 is 0. The topological polar surface area (TPSA) is 46.6 Å². The Labute approximate surface area is 58.7 Å². The molecule has 0 saturated carbocycles. The molecule has 1 atom stereocenters. The van der Waals surface area contributed by atoms with Crippen molar-refractivity contribution in [3.63, 3.8) is 0 Å². The fraction of sp³-hybridized carbons (Fsp3) is 0.667. The molecule has 1 heterocycles. The lowest BCUT2D eigenvalue weighted by Crippen LogP contribution is -2.42. The van der Waals surface area contributed by atoms with Crippen molar-refractivity contribution in [1.82, 2.24) is 5.06 Å². The number of ketones is 1. The van der Waals surface area contributed by atoms with Gasteiger partial charge in [0.15, 0.2) is 5.78 Å². The van der Waals surface area contributed by atoms with E-state index in [1.54, 1.807) is 6.92 Å². The molecule has 1 rings (SSSR count). The first-order chi connectivity index (χ1) is 4.61. The molecule has 1 unspecified atom stereocenters. The van der Waals surface area contributed by atoms with Gasteiger partial charge < -0.3 is 0 Å². The van der Waals surface area contributed by atoms with E-state index in [-0.39, 0.29) is 18.1 Å². The van der Waals surface area contributed by atoms with E-state index in [9.17, 15) is 9.59 Å². The fourth-order valence-corrected chi connectivity index (χ4v) is 0.759. The summed E-state index contributed by atoms with van der Waals surface area (Å²) in [4.78, 5) is 26.4. The predicted molar refractivity (Wildman–Crippen MR) is 32.9 cm³/mol. The zero-order chi connectivity index (χ0) is 7.72. The molecule has 0 aromatic rings. The quantitative estimate of drug-likeness (QED) is 0.439. The van der Waals surface area contributed by atoms with Crippen LogP contribution in [0, 0.1) is 0 Å². The highest BCUT2D eigenvalue weighted by Crippen LogP contribution is 2.08. The maximum absolute atomic E-state index is 10.8. The zero-order valence-corrected chi connectivity index (χ0v) is 5.96. The molecule has 56 valence electrons. The summed E-state index contributed by atoms with van der Waals surface area (Å²) in [5, 5.41) is 1.10. The van der Waals surface area contributed by atoms with Crippen LogP contribution in [0.3, 0.4) is 0 Å². The Morgan fingerprint density at radius 3 is 2.70 bits per heavy atom. The highest BCUT2D eigenvalue weighted by Gasteiger charge is 2.27. The fourth-order valence-electron chi connectivity index (χ4n) is 0.759. The van der Waals surface area contributed by atoms with Gasteiger partial charge in [0.2, 0.25) is 0 Å².